The molecule has 1 fully saturated rings. The van der Waals surface area contributed by atoms with E-state index in [0.29, 0.717) is 31.6 Å². The van der Waals surface area contributed by atoms with Gasteiger partial charge in [0.1, 0.15) is 5.82 Å². The molecule has 2 N–H and O–H groups in total. The van der Waals surface area contributed by atoms with Gasteiger partial charge in [-0.25, -0.2) is 4.39 Å². The maximum Gasteiger partial charge on any atom is 0.222 e. The van der Waals surface area contributed by atoms with Crippen molar-refractivity contribution in [3.05, 3.63) is 35.6 Å². The standard InChI is InChI=1S/C18H26FNO3/c1-13(6-7-14-4-2-3-5-16(14)19)18(22)20-12-17(21)15-8-10-23-11-9-15/h2-5,13,15,17,21H,6-12H2,1H3,(H,20,22)/t13-,17-/m0/s1. The van der Waals surface area contributed by atoms with Gasteiger partial charge in [0, 0.05) is 25.7 Å². The zero-order valence-corrected chi connectivity index (χ0v) is 13.6. The third kappa shape index (κ3) is 5.59. The Morgan fingerprint density at radius 3 is 2.78 bits per heavy atom. The molecule has 1 aliphatic rings. The van der Waals surface area contributed by atoms with Crippen LogP contribution in [0.5, 0.6) is 0 Å². The Balaban J connectivity index is 1.71. The van der Waals surface area contributed by atoms with E-state index in [2.05, 4.69) is 5.32 Å². The number of rotatable bonds is 7. The van der Waals surface area contributed by atoms with E-state index in [1.807, 2.05) is 6.92 Å². The molecule has 0 radical (unpaired) electrons. The SMILES string of the molecule is C[C@@H](CCc1ccccc1F)C(=O)NC[C@H](O)C1CCOCC1. The lowest BCUT2D eigenvalue weighted by atomic mass is 9.93. The molecule has 23 heavy (non-hydrogen) atoms. The molecule has 0 spiro atoms. The fourth-order valence-corrected chi connectivity index (χ4v) is 2.85. The first-order valence-electron chi connectivity index (χ1n) is 8.35. The van der Waals surface area contributed by atoms with Crippen molar-refractivity contribution in [2.45, 2.75) is 38.7 Å². The van der Waals surface area contributed by atoms with E-state index in [1.54, 1.807) is 18.2 Å². The van der Waals surface area contributed by atoms with Gasteiger partial charge in [-0.1, -0.05) is 25.1 Å². The fourth-order valence-electron chi connectivity index (χ4n) is 2.85. The second-order valence-corrected chi connectivity index (χ2v) is 6.29. The van der Waals surface area contributed by atoms with Crippen LogP contribution in [0.2, 0.25) is 0 Å². The molecule has 5 heteroatoms. The van der Waals surface area contributed by atoms with Crippen molar-refractivity contribution in [2.24, 2.45) is 11.8 Å². The Labute approximate surface area is 137 Å². The smallest absolute Gasteiger partial charge is 0.222 e. The topological polar surface area (TPSA) is 58.6 Å². The molecule has 1 heterocycles. The van der Waals surface area contributed by atoms with E-state index in [4.69, 9.17) is 4.74 Å². The van der Waals surface area contributed by atoms with Crippen LogP contribution in [0.4, 0.5) is 4.39 Å². The van der Waals surface area contributed by atoms with Gasteiger partial charge >= 0.3 is 0 Å². The van der Waals surface area contributed by atoms with Crippen molar-refractivity contribution in [3.8, 4) is 0 Å². The van der Waals surface area contributed by atoms with Crippen LogP contribution in [-0.4, -0.2) is 36.9 Å². The molecule has 128 valence electrons. The molecule has 1 aromatic carbocycles. The van der Waals surface area contributed by atoms with E-state index in [9.17, 15) is 14.3 Å². The highest BCUT2D eigenvalue weighted by Crippen LogP contribution is 2.18. The van der Waals surface area contributed by atoms with Crippen molar-refractivity contribution in [1.29, 1.82) is 0 Å². The van der Waals surface area contributed by atoms with Gasteiger partial charge in [-0.2, -0.15) is 0 Å². The Hall–Kier alpha value is -1.46. The molecule has 1 aliphatic heterocycles. The van der Waals surface area contributed by atoms with Gasteiger partial charge in [0.25, 0.3) is 0 Å². The number of halogens is 1. The Morgan fingerprint density at radius 2 is 2.09 bits per heavy atom. The van der Waals surface area contributed by atoms with Crippen LogP contribution in [0.15, 0.2) is 24.3 Å². The molecule has 2 atom stereocenters. The van der Waals surface area contributed by atoms with Crippen molar-refractivity contribution < 1.29 is 19.0 Å². The van der Waals surface area contributed by atoms with Crippen LogP contribution in [-0.2, 0) is 16.0 Å². The van der Waals surface area contributed by atoms with Gasteiger partial charge in [0.15, 0.2) is 0 Å². The first-order chi connectivity index (χ1) is 11.1. The Kier molecular flexibility index (Phi) is 6.99. The minimum Gasteiger partial charge on any atom is -0.391 e. The number of aliphatic hydroxyl groups is 1. The van der Waals surface area contributed by atoms with Gasteiger partial charge in [-0.05, 0) is 43.2 Å². The average molecular weight is 323 g/mol. The largest absolute Gasteiger partial charge is 0.391 e. The first kappa shape index (κ1) is 17.9. The summed E-state index contributed by atoms with van der Waals surface area (Å²) in [6, 6.07) is 6.64. The number of amides is 1. The summed E-state index contributed by atoms with van der Waals surface area (Å²) in [7, 11) is 0. The second-order valence-electron chi connectivity index (χ2n) is 6.29. The summed E-state index contributed by atoms with van der Waals surface area (Å²) in [5.41, 5.74) is 0.634. The number of carbonyl (C=O) groups excluding carboxylic acids is 1. The van der Waals surface area contributed by atoms with Gasteiger partial charge in [0.2, 0.25) is 5.91 Å². The van der Waals surface area contributed by atoms with Crippen LogP contribution in [0, 0.1) is 17.7 Å². The molecular weight excluding hydrogens is 297 g/mol. The number of carbonyl (C=O) groups is 1. The lowest BCUT2D eigenvalue weighted by Crippen LogP contribution is -2.40. The minimum absolute atomic E-state index is 0.0903. The Morgan fingerprint density at radius 1 is 1.39 bits per heavy atom. The monoisotopic (exact) mass is 323 g/mol. The summed E-state index contributed by atoms with van der Waals surface area (Å²) < 4.78 is 18.8. The highest BCUT2D eigenvalue weighted by molar-refractivity contribution is 5.78. The van der Waals surface area contributed by atoms with Crippen molar-refractivity contribution in [2.75, 3.05) is 19.8 Å². The Bertz CT molecular complexity index is 503. The van der Waals surface area contributed by atoms with Crippen LogP contribution in [0.3, 0.4) is 0 Å². The van der Waals surface area contributed by atoms with Crippen LogP contribution in [0.1, 0.15) is 31.7 Å². The fraction of sp³-hybridized carbons (Fsp3) is 0.611. The molecule has 1 amide bonds. The van der Waals surface area contributed by atoms with Gasteiger partial charge in [-0.15, -0.1) is 0 Å². The number of hydrogen-bond acceptors (Lipinski definition) is 3. The summed E-state index contributed by atoms with van der Waals surface area (Å²) in [6.07, 6.45) is 2.26. The van der Waals surface area contributed by atoms with Crippen molar-refractivity contribution in [1.82, 2.24) is 5.32 Å². The number of hydrogen-bond donors (Lipinski definition) is 2. The molecule has 0 aromatic heterocycles. The number of ether oxygens (including phenoxy) is 1. The molecular formula is C18H26FNO3. The molecule has 0 saturated carbocycles. The molecule has 0 unspecified atom stereocenters. The van der Waals surface area contributed by atoms with E-state index in [1.165, 1.54) is 6.07 Å². The third-order valence-corrected chi connectivity index (χ3v) is 4.55. The third-order valence-electron chi connectivity index (χ3n) is 4.55. The second kappa shape index (κ2) is 8.99. The molecule has 1 saturated heterocycles. The number of nitrogens with one attached hydrogen (secondary N) is 1. The van der Waals surface area contributed by atoms with Crippen molar-refractivity contribution >= 4 is 5.91 Å². The molecule has 0 bridgehead atoms. The summed E-state index contributed by atoms with van der Waals surface area (Å²) in [6.45, 7) is 3.45. The van der Waals surface area contributed by atoms with Crippen molar-refractivity contribution in [3.63, 3.8) is 0 Å². The van der Waals surface area contributed by atoms with E-state index in [0.717, 1.165) is 12.8 Å². The van der Waals surface area contributed by atoms with Crippen LogP contribution < -0.4 is 5.32 Å². The minimum atomic E-state index is -0.526. The van der Waals surface area contributed by atoms with E-state index in [-0.39, 0.29) is 30.1 Å². The molecule has 4 nitrogen and oxygen atoms in total. The quantitative estimate of drug-likeness (QED) is 0.809. The molecule has 0 aliphatic carbocycles. The summed E-state index contributed by atoms with van der Waals surface area (Å²) in [5, 5.41) is 12.9. The van der Waals surface area contributed by atoms with Crippen LogP contribution in [0.25, 0.3) is 0 Å². The highest BCUT2D eigenvalue weighted by atomic mass is 19.1. The predicted molar refractivity (Wildman–Crippen MR) is 86.4 cm³/mol. The highest BCUT2D eigenvalue weighted by Gasteiger charge is 2.23. The van der Waals surface area contributed by atoms with Gasteiger partial charge in [0.05, 0.1) is 6.10 Å². The lowest BCUT2D eigenvalue weighted by molar-refractivity contribution is -0.125. The summed E-state index contributed by atoms with van der Waals surface area (Å²) in [5.74, 6) is -0.336. The number of aryl methyl sites for hydroxylation is 1. The van der Waals surface area contributed by atoms with Gasteiger partial charge in [-0.3, -0.25) is 4.79 Å². The summed E-state index contributed by atoms with van der Waals surface area (Å²) >= 11 is 0. The molecule has 2 rings (SSSR count). The zero-order chi connectivity index (χ0) is 16.7. The lowest BCUT2D eigenvalue weighted by Gasteiger charge is -2.27. The maximum absolute atomic E-state index is 13.6. The number of benzene rings is 1. The average Bonchev–Trinajstić information content (AvgIpc) is 2.59. The summed E-state index contributed by atoms with van der Waals surface area (Å²) in [4.78, 5) is 12.1. The molecule has 1 aromatic rings. The predicted octanol–water partition coefficient (Wildman–Crippen LogP) is 2.30. The van der Waals surface area contributed by atoms with E-state index < -0.39 is 6.10 Å². The van der Waals surface area contributed by atoms with E-state index >= 15 is 0 Å². The normalized spacial score (nSPS) is 18.4. The first-order valence-corrected chi connectivity index (χ1v) is 8.35. The zero-order valence-electron chi connectivity index (χ0n) is 13.6. The van der Waals surface area contributed by atoms with Gasteiger partial charge < -0.3 is 15.2 Å². The number of aliphatic hydroxyl groups excluding tert-OH is 1. The van der Waals surface area contributed by atoms with Crippen LogP contribution >= 0.6 is 0 Å². The maximum atomic E-state index is 13.6.